The van der Waals surface area contributed by atoms with E-state index >= 15 is 0 Å². The molecular formula is C18H11ClF5N3O2. The minimum absolute atomic E-state index is 0.0937. The molecule has 3 rings (SSSR count). The molecule has 152 valence electrons. The van der Waals surface area contributed by atoms with E-state index in [0.717, 1.165) is 16.8 Å². The van der Waals surface area contributed by atoms with Gasteiger partial charge in [0.25, 0.3) is 5.91 Å². The van der Waals surface area contributed by atoms with Crippen LogP contribution in [0.25, 0.3) is 5.69 Å². The molecule has 1 aromatic heterocycles. The summed E-state index contributed by atoms with van der Waals surface area (Å²) in [6, 6.07) is 9.70. The van der Waals surface area contributed by atoms with Gasteiger partial charge in [-0.25, -0.2) is 8.78 Å². The summed E-state index contributed by atoms with van der Waals surface area (Å²) >= 11 is 6.00. The zero-order valence-corrected chi connectivity index (χ0v) is 15.1. The van der Waals surface area contributed by atoms with Crippen molar-refractivity contribution in [2.75, 3.05) is 11.9 Å². The van der Waals surface area contributed by atoms with E-state index in [-0.39, 0.29) is 10.7 Å². The van der Waals surface area contributed by atoms with Crippen LogP contribution < -0.4 is 10.1 Å². The maximum atomic E-state index is 13.6. The fourth-order valence-corrected chi connectivity index (χ4v) is 2.54. The van der Waals surface area contributed by atoms with Gasteiger partial charge in [0.15, 0.2) is 23.9 Å². The number of carbonyl (C=O) groups is 1. The highest BCUT2D eigenvalue weighted by Gasteiger charge is 2.36. The van der Waals surface area contributed by atoms with Gasteiger partial charge in [-0.2, -0.15) is 23.0 Å². The molecule has 0 aliphatic heterocycles. The Balaban J connectivity index is 1.83. The first-order valence-corrected chi connectivity index (χ1v) is 8.33. The fourth-order valence-electron chi connectivity index (χ4n) is 2.33. The number of carbonyl (C=O) groups excluding carboxylic acids is 1. The summed E-state index contributed by atoms with van der Waals surface area (Å²) in [4.78, 5) is 12.0. The van der Waals surface area contributed by atoms with Crippen molar-refractivity contribution in [2.24, 2.45) is 0 Å². The Morgan fingerprint density at radius 1 is 1.14 bits per heavy atom. The van der Waals surface area contributed by atoms with Crippen LogP contribution in [0.3, 0.4) is 0 Å². The van der Waals surface area contributed by atoms with Crippen molar-refractivity contribution in [3.05, 3.63) is 70.9 Å². The van der Waals surface area contributed by atoms with Crippen molar-refractivity contribution in [3.63, 3.8) is 0 Å². The summed E-state index contributed by atoms with van der Waals surface area (Å²) in [5.41, 5.74) is -1.60. The second kappa shape index (κ2) is 8.08. The molecule has 0 fully saturated rings. The number of hydrogen-bond acceptors (Lipinski definition) is 3. The summed E-state index contributed by atoms with van der Waals surface area (Å²) < 4.78 is 71.9. The van der Waals surface area contributed by atoms with Gasteiger partial charge in [-0.3, -0.25) is 4.79 Å². The van der Waals surface area contributed by atoms with E-state index in [1.54, 1.807) is 6.07 Å². The number of aromatic nitrogens is 2. The molecule has 0 radical (unpaired) electrons. The number of nitrogens with zero attached hydrogens (tertiary/aromatic N) is 2. The van der Waals surface area contributed by atoms with Crippen molar-refractivity contribution in [1.82, 2.24) is 9.78 Å². The van der Waals surface area contributed by atoms with Crippen LogP contribution in [0.1, 0.15) is 5.69 Å². The van der Waals surface area contributed by atoms with Crippen LogP contribution >= 0.6 is 11.6 Å². The van der Waals surface area contributed by atoms with Gasteiger partial charge >= 0.3 is 6.18 Å². The number of halogens is 6. The lowest BCUT2D eigenvalue weighted by Gasteiger charge is -2.11. The monoisotopic (exact) mass is 431 g/mol. The molecular weight excluding hydrogens is 421 g/mol. The molecule has 0 aliphatic carbocycles. The van der Waals surface area contributed by atoms with Gasteiger partial charge in [0.2, 0.25) is 5.88 Å². The molecule has 1 heterocycles. The number of amides is 1. The highest BCUT2D eigenvalue weighted by Crippen LogP contribution is 2.33. The summed E-state index contributed by atoms with van der Waals surface area (Å²) in [5, 5.41) is 5.61. The van der Waals surface area contributed by atoms with Crippen LogP contribution in [0.5, 0.6) is 5.88 Å². The molecule has 1 amide bonds. The second-order valence-electron chi connectivity index (χ2n) is 5.67. The van der Waals surface area contributed by atoms with E-state index in [1.807, 2.05) is 0 Å². The molecule has 0 unspecified atom stereocenters. The number of rotatable bonds is 5. The number of nitrogens with one attached hydrogen (secondary N) is 1. The van der Waals surface area contributed by atoms with Gasteiger partial charge in [-0.15, -0.1) is 0 Å². The third-order valence-corrected chi connectivity index (χ3v) is 3.94. The van der Waals surface area contributed by atoms with Gasteiger partial charge in [0.1, 0.15) is 0 Å². The molecule has 0 saturated heterocycles. The van der Waals surface area contributed by atoms with E-state index in [9.17, 15) is 26.7 Å². The SMILES string of the molecule is O=C(COc1cc(C(F)(F)F)nn1-c1ccccc1Cl)Nc1cccc(F)c1F. The highest BCUT2D eigenvalue weighted by molar-refractivity contribution is 6.32. The van der Waals surface area contributed by atoms with Gasteiger partial charge in [0.05, 0.1) is 16.4 Å². The average Bonchev–Trinajstić information content (AvgIpc) is 3.09. The fraction of sp³-hybridized carbons (Fsp3) is 0.111. The summed E-state index contributed by atoms with van der Waals surface area (Å²) in [5.74, 6) is -3.79. The van der Waals surface area contributed by atoms with Gasteiger partial charge in [-0.1, -0.05) is 29.8 Å². The number of para-hydroxylation sites is 1. The van der Waals surface area contributed by atoms with Crippen molar-refractivity contribution < 1.29 is 31.5 Å². The number of benzene rings is 2. The topological polar surface area (TPSA) is 56.1 Å². The number of ether oxygens (including phenoxy) is 1. The van der Waals surface area contributed by atoms with Crippen LogP contribution in [0, 0.1) is 11.6 Å². The van der Waals surface area contributed by atoms with Crippen molar-refractivity contribution in [2.45, 2.75) is 6.18 Å². The van der Waals surface area contributed by atoms with Crippen molar-refractivity contribution >= 4 is 23.2 Å². The molecule has 0 spiro atoms. The number of alkyl halides is 3. The summed E-state index contributed by atoms with van der Waals surface area (Å²) in [7, 11) is 0. The summed E-state index contributed by atoms with van der Waals surface area (Å²) in [6.45, 7) is -0.788. The lowest BCUT2D eigenvalue weighted by Crippen LogP contribution is -2.21. The highest BCUT2D eigenvalue weighted by atomic mass is 35.5. The molecule has 5 nitrogen and oxygen atoms in total. The molecule has 0 aliphatic rings. The Hall–Kier alpha value is -3.14. The third-order valence-electron chi connectivity index (χ3n) is 3.62. The lowest BCUT2D eigenvalue weighted by molar-refractivity contribution is -0.141. The minimum atomic E-state index is -4.77. The molecule has 2 aromatic carbocycles. The Bertz CT molecular complexity index is 1050. The molecule has 3 aromatic rings. The van der Waals surface area contributed by atoms with Crippen LogP contribution in [0.2, 0.25) is 5.02 Å². The van der Waals surface area contributed by atoms with E-state index in [4.69, 9.17) is 16.3 Å². The number of anilines is 1. The minimum Gasteiger partial charge on any atom is -0.467 e. The zero-order valence-electron chi connectivity index (χ0n) is 14.3. The van der Waals surface area contributed by atoms with Gasteiger partial charge in [0, 0.05) is 6.07 Å². The first-order chi connectivity index (χ1) is 13.7. The smallest absolute Gasteiger partial charge is 0.435 e. The van der Waals surface area contributed by atoms with Crippen molar-refractivity contribution in [3.8, 4) is 11.6 Å². The maximum absolute atomic E-state index is 13.6. The van der Waals surface area contributed by atoms with Crippen LogP contribution in [0.4, 0.5) is 27.6 Å². The van der Waals surface area contributed by atoms with Crippen molar-refractivity contribution in [1.29, 1.82) is 0 Å². The Morgan fingerprint density at radius 2 is 1.86 bits per heavy atom. The van der Waals surface area contributed by atoms with Crippen LogP contribution in [0.15, 0.2) is 48.5 Å². The molecule has 0 bridgehead atoms. The first kappa shape index (κ1) is 20.6. The lowest BCUT2D eigenvalue weighted by atomic mass is 10.3. The van der Waals surface area contributed by atoms with E-state index < -0.39 is 47.6 Å². The standard InChI is InChI=1S/C18H11ClF5N3O2/c19-10-4-1-2-7-13(10)27-16(8-14(26-27)18(22,23)24)29-9-15(28)25-12-6-3-5-11(20)17(12)21/h1-8H,9H2,(H,25,28). The Kier molecular flexibility index (Phi) is 5.73. The zero-order chi connectivity index (χ0) is 21.2. The first-order valence-electron chi connectivity index (χ1n) is 7.95. The molecule has 11 heteroatoms. The predicted octanol–water partition coefficient (Wildman–Crippen LogP) is 4.84. The van der Waals surface area contributed by atoms with E-state index in [1.165, 1.54) is 24.3 Å². The Morgan fingerprint density at radius 3 is 2.55 bits per heavy atom. The third kappa shape index (κ3) is 4.65. The second-order valence-corrected chi connectivity index (χ2v) is 6.07. The quantitative estimate of drug-likeness (QED) is 0.588. The van der Waals surface area contributed by atoms with E-state index in [2.05, 4.69) is 10.4 Å². The van der Waals surface area contributed by atoms with E-state index in [0.29, 0.717) is 6.07 Å². The van der Waals surface area contributed by atoms with Gasteiger partial charge < -0.3 is 10.1 Å². The Labute approximate surface area is 165 Å². The maximum Gasteiger partial charge on any atom is 0.435 e. The summed E-state index contributed by atoms with van der Waals surface area (Å²) in [6.07, 6.45) is -4.77. The largest absolute Gasteiger partial charge is 0.467 e. The average molecular weight is 432 g/mol. The van der Waals surface area contributed by atoms with Crippen LogP contribution in [-0.2, 0) is 11.0 Å². The molecule has 1 N–H and O–H groups in total. The predicted molar refractivity (Wildman–Crippen MR) is 94.1 cm³/mol. The van der Waals surface area contributed by atoms with Gasteiger partial charge in [-0.05, 0) is 24.3 Å². The number of hydrogen-bond donors (Lipinski definition) is 1. The molecule has 0 saturated carbocycles. The molecule has 0 atom stereocenters. The molecule has 29 heavy (non-hydrogen) atoms. The van der Waals surface area contributed by atoms with Crippen LogP contribution in [-0.4, -0.2) is 22.3 Å². The normalized spacial score (nSPS) is 11.4.